The Bertz CT molecular complexity index is 1170. The lowest BCUT2D eigenvalue weighted by Gasteiger charge is -2.17. The van der Waals surface area contributed by atoms with Crippen LogP contribution in [0.15, 0.2) is 48.7 Å². The fourth-order valence-corrected chi connectivity index (χ4v) is 4.78. The Morgan fingerprint density at radius 1 is 1.17 bits per heavy atom. The van der Waals surface area contributed by atoms with Crippen LogP contribution in [0.25, 0.3) is 26.4 Å². The van der Waals surface area contributed by atoms with Crippen LogP contribution in [-0.4, -0.2) is 46.4 Å². The van der Waals surface area contributed by atoms with Gasteiger partial charge in [-0.15, -0.1) is 0 Å². The highest BCUT2D eigenvalue weighted by Crippen LogP contribution is 2.30. The first-order chi connectivity index (χ1) is 14.6. The van der Waals surface area contributed by atoms with Crippen LogP contribution in [0.5, 0.6) is 0 Å². The van der Waals surface area contributed by atoms with E-state index < -0.39 is 0 Å². The summed E-state index contributed by atoms with van der Waals surface area (Å²) >= 11 is 1.62. The number of rotatable bonds is 8. The highest BCUT2D eigenvalue weighted by molar-refractivity contribution is 7.23. The molecule has 0 aliphatic carbocycles. The van der Waals surface area contributed by atoms with Crippen LogP contribution in [0.3, 0.4) is 0 Å². The molecule has 4 aromatic rings. The maximum atomic E-state index is 12.6. The number of imidazole rings is 1. The molecule has 156 valence electrons. The zero-order valence-corrected chi connectivity index (χ0v) is 18.6. The number of nitrogens with zero attached hydrogens (tertiary/aromatic N) is 3. The monoisotopic (exact) mass is 420 g/mol. The van der Waals surface area contributed by atoms with E-state index in [4.69, 9.17) is 4.98 Å². The van der Waals surface area contributed by atoms with Gasteiger partial charge >= 0.3 is 0 Å². The molecule has 0 spiro atoms. The maximum Gasteiger partial charge on any atom is 0.251 e. The Morgan fingerprint density at radius 2 is 2.00 bits per heavy atom. The molecule has 5 nitrogen and oxygen atoms in total. The number of amides is 1. The summed E-state index contributed by atoms with van der Waals surface area (Å²) in [5.41, 5.74) is 5.11. The van der Waals surface area contributed by atoms with Gasteiger partial charge in [-0.2, -0.15) is 0 Å². The van der Waals surface area contributed by atoms with Crippen LogP contribution in [0.1, 0.15) is 36.2 Å². The Balaban J connectivity index is 1.48. The Hall–Kier alpha value is -2.70. The number of thiazole rings is 1. The Labute approximate surface area is 181 Å². The average molecular weight is 421 g/mol. The van der Waals surface area contributed by atoms with E-state index in [0.717, 1.165) is 52.5 Å². The number of carbonyl (C=O) groups is 1. The molecular weight excluding hydrogens is 392 g/mol. The lowest BCUT2D eigenvalue weighted by Crippen LogP contribution is -2.29. The number of aromatic nitrogens is 2. The fraction of sp³-hybridized carbons (Fsp3) is 0.333. The van der Waals surface area contributed by atoms with E-state index in [-0.39, 0.29) is 5.91 Å². The third-order valence-electron chi connectivity index (χ3n) is 5.50. The largest absolute Gasteiger partial charge is 0.352 e. The van der Waals surface area contributed by atoms with Crippen molar-refractivity contribution < 1.29 is 4.79 Å². The van der Waals surface area contributed by atoms with Crippen LogP contribution >= 0.6 is 11.3 Å². The lowest BCUT2D eigenvalue weighted by molar-refractivity contribution is 0.0952. The van der Waals surface area contributed by atoms with Gasteiger partial charge in [0.25, 0.3) is 5.91 Å². The number of benzene rings is 2. The molecule has 0 fully saturated rings. The fourth-order valence-electron chi connectivity index (χ4n) is 3.73. The Kier molecular flexibility index (Phi) is 6.16. The molecule has 1 N–H and O–H groups in total. The second-order valence-corrected chi connectivity index (χ2v) is 8.58. The van der Waals surface area contributed by atoms with Crippen molar-refractivity contribution >= 4 is 32.4 Å². The minimum Gasteiger partial charge on any atom is -0.352 e. The highest BCUT2D eigenvalue weighted by Gasteiger charge is 2.13. The molecule has 0 bridgehead atoms. The molecule has 0 saturated carbocycles. The first kappa shape index (κ1) is 20.6. The van der Waals surface area contributed by atoms with E-state index >= 15 is 0 Å². The van der Waals surface area contributed by atoms with E-state index in [1.807, 2.05) is 18.2 Å². The highest BCUT2D eigenvalue weighted by atomic mass is 32.1. The van der Waals surface area contributed by atoms with Crippen molar-refractivity contribution in [2.75, 3.05) is 26.2 Å². The summed E-state index contributed by atoms with van der Waals surface area (Å²) in [7, 11) is 0. The van der Waals surface area contributed by atoms with Crippen molar-refractivity contribution in [1.82, 2.24) is 19.6 Å². The van der Waals surface area contributed by atoms with Gasteiger partial charge in [0.05, 0.1) is 15.9 Å². The molecule has 1 amide bonds. The standard InChI is InChI=1S/C24H28N4OS/c1-4-27(5-2)13-7-12-25-23(29)19-10-11-21-22(15-19)30-24-26-20(16-28(21)24)18-9-6-8-17(3)14-18/h6,8-11,14-16H,4-5,7,12-13H2,1-3H3,(H,25,29). The first-order valence-electron chi connectivity index (χ1n) is 10.6. The van der Waals surface area contributed by atoms with Crippen LogP contribution in [0, 0.1) is 6.92 Å². The normalized spacial score (nSPS) is 11.6. The summed E-state index contributed by atoms with van der Waals surface area (Å²) in [4.78, 5) is 20.7. The van der Waals surface area contributed by atoms with Crippen molar-refractivity contribution in [3.05, 3.63) is 59.8 Å². The maximum absolute atomic E-state index is 12.6. The average Bonchev–Trinajstić information content (AvgIpc) is 3.31. The molecule has 0 aliphatic heterocycles. The predicted octanol–water partition coefficient (Wildman–Crippen LogP) is 4.99. The number of aryl methyl sites for hydroxylation is 1. The van der Waals surface area contributed by atoms with Gasteiger partial charge in [-0.1, -0.05) is 48.9 Å². The predicted molar refractivity (Wildman–Crippen MR) is 125 cm³/mol. The summed E-state index contributed by atoms with van der Waals surface area (Å²) in [6.45, 7) is 10.2. The second kappa shape index (κ2) is 8.98. The quantitative estimate of drug-likeness (QED) is 0.409. The molecule has 2 heterocycles. The minimum absolute atomic E-state index is 0.0112. The van der Waals surface area contributed by atoms with E-state index in [0.29, 0.717) is 12.1 Å². The van der Waals surface area contributed by atoms with E-state index in [9.17, 15) is 4.79 Å². The van der Waals surface area contributed by atoms with E-state index in [1.54, 1.807) is 11.3 Å². The first-order valence-corrected chi connectivity index (χ1v) is 11.4. The van der Waals surface area contributed by atoms with Crippen molar-refractivity contribution in [2.24, 2.45) is 0 Å². The summed E-state index contributed by atoms with van der Waals surface area (Å²) < 4.78 is 3.19. The minimum atomic E-state index is -0.0112. The number of carbonyl (C=O) groups excluding carboxylic acids is 1. The molecule has 2 aromatic heterocycles. The van der Waals surface area contributed by atoms with Crippen LogP contribution < -0.4 is 5.32 Å². The number of hydrogen-bond acceptors (Lipinski definition) is 4. The SMILES string of the molecule is CCN(CC)CCCNC(=O)c1ccc2c(c1)sc1nc(-c3cccc(C)c3)cn12. The van der Waals surface area contributed by atoms with Gasteiger partial charge < -0.3 is 10.2 Å². The van der Waals surface area contributed by atoms with Gasteiger partial charge in [0.15, 0.2) is 4.96 Å². The smallest absolute Gasteiger partial charge is 0.251 e. The van der Waals surface area contributed by atoms with Gasteiger partial charge in [0.1, 0.15) is 0 Å². The lowest BCUT2D eigenvalue weighted by atomic mass is 10.1. The molecule has 0 atom stereocenters. The van der Waals surface area contributed by atoms with Crippen LogP contribution in [-0.2, 0) is 0 Å². The molecule has 0 aliphatic rings. The molecule has 30 heavy (non-hydrogen) atoms. The van der Waals surface area contributed by atoms with E-state index in [2.05, 4.69) is 65.9 Å². The number of fused-ring (bicyclic) bond motifs is 3. The zero-order chi connectivity index (χ0) is 21.1. The summed E-state index contributed by atoms with van der Waals surface area (Å²) in [6, 6.07) is 14.3. The van der Waals surface area contributed by atoms with Gasteiger partial charge in [-0.25, -0.2) is 4.98 Å². The van der Waals surface area contributed by atoms with Crippen molar-refractivity contribution in [3.63, 3.8) is 0 Å². The molecule has 2 aromatic carbocycles. The van der Waals surface area contributed by atoms with Crippen molar-refractivity contribution in [2.45, 2.75) is 27.2 Å². The second-order valence-electron chi connectivity index (χ2n) is 7.57. The third kappa shape index (κ3) is 4.25. The van der Waals surface area contributed by atoms with Gasteiger partial charge in [0, 0.05) is 23.9 Å². The Morgan fingerprint density at radius 3 is 2.77 bits per heavy atom. The topological polar surface area (TPSA) is 49.6 Å². The summed E-state index contributed by atoms with van der Waals surface area (Å²) in [5, 5.41) is 3.05. The van der Waals surface area contributed by atoms with Gasteiger partial charge in [-0.05, 0) is 57.2 Å². The third-order valence-corrected chi connectivity index (χ3v) is 6.52. The molecule has 0 radical (unpaired) electrons. The summed E-state index contributed by atoms with van der Waals surface area (Å²) in [5.74, 6) is -0.0112. The zero-order valence-electron chi connectivity index (χ0n) is 17.8. The number of hydrogen-bond donors (Lipinski definition) is 1. The van der Waals surface area contributed by atoms with Crippen LogP contribution in [0.2, 0.25) is 0 Å². The van der Waals surface area contributed by atoms with Crippen molar-refractivity contribution in [3.8, 4) is 11.3 Å². The molecule has 0 unspecified atom stereocenters. The van der Waals surface area contributed by atoms with Gasteiger partial charge in [-0.3, -0.25) is 9.20 Å². The molecule has 4 rings (SSSR count). The summed E-state index contributed by atoms with van der Waals surface area (Å²) in [6.07, 6.45) is 3.04. The van der Waals surface area contributed by atoms with Crippen molar-refractivity contribution in [1.29, 1.82) is 0 Å². The number of nitrogens with one attached hydrogen (secondary N) is 1. The molecule has 6 heteroatoms. The molecular formula is C24H28N4OS. The van der Waals surface area contributed by atoms with Crippen LogP contribution in [0.4, 0.5) is 0 Å². The van der Waals surface area contributed by atoms with Gasteiger partial charge in [0.2, 0.25) is 0 Å². The van der Waals surface area contributed by atoms with E-state index in [1.165, 1.54) is 5.56 Å². The molecule has 0 saturated heterocycles.